The van der Waals surface area contributed by atoms with Gasteiger partial charge in [-0.05, 0) is 37.2 Å². The van der Waals surface area contributed by atoms with E-state index in [0.717, 1.165) is 27.3 Å². The lowest BCUT2D eigenvalue weighted by Gasteiger charge is -2.08. The summed E-state index contributed by atoms with van der Waals surface area (Å²) >= 11 is 1.42. The minimum atomic E-state index is -2.95. The van der Waals surface area contributed by atoms with Gasteiger partial charge in [-0.3, -0.25) is 0 Å². The Balaban J connectivity index is 1.68. The first kappa shape index (κ1) is 16.5. The molecule has 2 aromatic heterocycles. The molecule has 3 aromatic rings. The van der Waals surface area contributed by atoms with E-state index >= 15 is 0 Å². The molecule has 1 aliphatic heterocycles. The van der Waals surface area contributed by atoms with E-state index < -0.39 is 9.84 Å². The Kier molecular flexibility index (Phi) is 3.99. The third kappa shape index (κ3) is 3.13. The number of nitrogens with zero attached hydrogens (tertiary/aromatic N) is 5. The maximum Gasteiger partial charge on any atom is 0.197 e. The molecule has 0 N–H and O–H groups in total. The van der Waals surface area contributed by atoms with Gasteiger partial charge in [0.2, 0.25) is 0 Å². The van der Waals surface area contributed by atoms with E-state index in [2.05, 4.69) is 26.2 Å². The summed E-state index contributed by atoms with van der Waals surface area (Å²) in [6, 6.07) is 6.05. The Bertz CT molecular complexity index is 1060. The number of aryl methyl sites for hydroxylation is 1. The van der Waals surface area contributed by atoms with Gasteiger partial charge in [-0.2, -0.15) is 0 Å². The normalized spacial score (nSPS) is 19.5. The van der Waals surface area contributed by atoms with Crippen molar-refractivity contribution >= 4 is 32.5 Å². The molecular formula is C16H17N5O2S2. The zero-order valence-electron chi connectivity index (χ0n) is 13.9. The maximum absolute atomic E-state index is 11.7. The van der Waals surface area contributed by atoms with Crippen molar-refractivity contribution in [1.82, 2.24) is 24.7 Å². The van der Waals surface area contributed by atoms with Crippen molar-refractivity contribution in [3.63, 3.8) is 0 Å². The Morgan fingerprint density at radius 3 is 2.84 bits per heavy atom. The first-order valence-electron chi connectivity index (χ1n) is 7.92. The largest absolute Gasteiger partial charge is 0.309 e. The fourth-order valence-corrected chi connectivity index (χ4v) is 5.68. The standard InChI is InChI=1S/C16H17N5O2S2/c1-10-3-4-13-12(7-10)15(18-9-17-13)24-16-20-19-14(21(16)2)11-5-6-25(22,23)8-11/h3-4,7,9,11H,5-6,8H2,1-2H3. The van der Waals surface area contributed by atoms with Crippen LogP contribution in [0.1, 0.15) is 23.7 Å². The van der Waals surface area contributed by atoms with Crippen LogP contribution in [0.5, 0.6) is 0 Å². The molecule has 1 aliphatic rings. The van der Waals surface area contributed by atoms with Crippen LogP contribution in [0.25, 0.3) is 10.9 Å². The average Bonchev–Trinajstić information content (AvgIpc) is 3.11. The average molecular weight is 375 g/mol. The molecule has 130 valence electrons. The molecule has 1 unspecified atom stereocenters. The van der Waals surface area contributed by atoms with Gasteiger partial charge >= 0.3 is 0 Å². The van der Waals surface area contributed by atoms with Gasteiger partial charge in [0.25, 0.3) is 0 Å². The van der Waals surface area contributed by atoms with Crippen LogP contribution in [-0.4, -0.2) is 44.7 Å². The molecule has 3 heterocycles. The number of benzene rings is 1. The van der Waals surface area contributed by atoms with Crippen LogP contribution in [-0.2, 0) is 16.9 Å². The first-order valence-corrected chi connectivity index (χ1v) is 10.6. The van der Waals surface area contributed by atoms with E-state index in [9.17, 15) is 8.42 Å². The van der Waals surface area contributed by atoms with Crippen molar-refractivity contribution in [3.8, 4) is 0 Å². The summed E-state index contributed by atoms with van der Waals surface area (Å²) < 4.78 is 25.3. The molecule has 0 spiro atoms. The van der Waals surface area contributed by atoms with Crippen LogP contribution < -0.4 is 0 Å². The second-order valence-corrected chi connectivity index (χ2v) is 9.49. The molecular weight excluding hydrogens is 358 g/mol. The number of fused-ring (bicyclic) bond motifs is 1. The monoisotopic (exact) mass is 375 g/mol. The van der Waals surface area contributed by atoms with Gasteiger partial charge in [0.05, 0.1) is 17.0 Å². The summed E-state index contributed by atoms with van der Waals surface area (Å²) in [5.41, 5.74) is 2.02. The Morgan fingerprint density at radius 1 is 1.24 bits per heavy atom. The zero-order chi connectivity index (χ0) is 17.6. The van der Waals surface area contributed by atoms with Gasteiger partial charge in [-0.1, -0.05) is 11.6 Å². The molecule has 1 fully saturated rings. The van der Waals surface area contributed by atoms with E-state index in [0.29, 0.717) is 11.6 Å². The molecule has 1 aromatic carbocycles. The fraction of sp³-hybridized carbons (Fsp3) is 0.375. The van der Waals surface area contributed by atoms with E-state index in [1.165, 1.54) is 11.8 Å². The van der Waals surface area contributed by atoms with Gasteiger partial charge < -0.3 is 4.57 Å². The number of hydrogen-bond donors (Lipinski definition) is 0. The predicted molar refractivity (Wildman–Crippen MR) is 95.4 cm³/mol. The number of sulfone groups is 1. The maximum atomic E-state index is 11.7. The van der Waals surface area contributed by atoms with Crippen LogP contribution in [0.3, 0.4) is 0 Å². The molecule has 7 nitrogen and oxygen atoms in total. The topological polar surface area (TPSA) is 90.6 Å². The van der Waals surface area contributed by atoms with E-state index in [1.807, 2.05) is 30.7 Å². The summed E-state index contributed by atoms with van der Waals surface area (Å²) in [7, 11) is -1.08. The van der Waals surface area contributed by atoms with E-state index in [-0.39, 0.29) is 17.4 Å². The number of hydrogen-bond acceptors (Lipinski definition) is 7. The molecule has 25 heavy (non-hydrogen) atoms. The summed E-state index contributed by atoms with van der Waals surface area (Å²) in [5.74, 6) is 1.02. The van der Waals surface area contributed by atoms with Crippen molar-refractivity contribution in [2.75, 3.05) is 11.5 Å². The second kappa shape index (κ2) is 6.06. The highest BCUT2D eigenvalue weighted by atomic mass is 32.2. The van der Waals surface area contributed by atoms with Gasteiger partial charge in [0, 0.05) is 18.4 Å². The lowest BCUT2D eigenvalue weighted by atomic mass is 10.1. The zero-order valence-corrected chi connectivity index (χ0v) is 15.5. The highest BCUT2D eigenvalue weighted by Gasteiger charge is 2.32. The third-order valence-electron chi connectivity index (χ3n) is 4.41. The van der Waals surface area contributed by atoms with Gasteiger partial charge in [0.15, 0.2) is 15.0 Å². The Hall–Kier alpha value is -2.00. The van der Waals surface area contributed by atoms with Crippen molar-refractivity contribution in [1.29, 1.82) is 0 Å². The molecule has 1 atom stereocenters. The summed E-state index contributed by atoms with van der Waals surface area (Å²) in [6.07, 6.45) is 2.15. The number of aromatic nitrogens is 5. The van der Waals surface area contributed by atoms with Crippen LogP contribution in [0.15, 0.2) is 34.7 Å². The lowest BCUT2D eigenvalue weighted by Crippen LogP contribution is -2.09. The molecule has 1 saturated heterocycles. The molecule has 9 heteroatoms. The van der Waals surface area contributed by atoms with Crippen LogP contribution >= 0.6 is 11.8 Å². The molecule has 0 bridgehead atoms. The SMILES string of the molecule is Cc1ccc2ncnc(Sc3nnc(C4CCS(=O)(=O)C4)n3C)c2c1. The van der Waals surface area contributed by atoms with Crippen molar-refractivity contribution in [3.05, 3.63) is 35.9 Å². The molecule has 0 radical (unpaired) electrons. The van der Waals surface area contributed by atoms with E-state index in [4.69, 9.17) is 0 Å². The molecule has 0 saturated carbocycles. The highest BCUT2D eigenvalue weighted by Crippen LogP contribution is 2.33. The van der Waals surface area contributed by atoms with Crippen LogP contribution in [0, 0.1) is 6.92 Å². The number of rotatable bonds is 3. The van der Waals surface area contributed by atoms with Crippen molar-refractivity contribution in [2.24, 2.45) is 7.05 Å². The minimum absolute atomic E-state index is 0.0822. The summed E-state index contributed by atoms with van der Waals surface area (Å²) in [4.78, 5) is 8.69. The van der Waals surface area contributed by atoms with Crippen LogP contribution in [0.2, 0.25) is 0 Å². The Labute approximate surface area is 149 Å². The van der Waals surface area contributed by atoms with Gasteiger partial charge in [-0.25, -0.2) is 18.4 Å². The lowest BCUT2D eigenvalue weighted by molar-refractivity contribution is 0.599. The molecule has 0 aliphatic carbocycles. The summed E-state index contributed by atoms with van der Waals surface area (Å²) in [5, 5.41) is 11.0. The quantitative estimate of drug-likeness (QED) is 0.648. The van der Waals surface area contributed by atoms with Crippen molar-refractivity contribution < 1.29 is 8.42 Å². The molecule has 4 rings (SSSR count). The van der Waals surface area contributed by atoms with Gasteiger partial charge in [-0.15, -0.1) is 10.2 Å². The third-order valence-corrected chi connectivity index (χ3v) is 7.23. The van der Waals surface area contributed by atoms with E-state index in [1.54, 1.807) is 6.33 Å². The smallest absolute Gasteiger partial charge is 0.197 e. The highest BCUT2D eigenvalue weighted by molar-refractivity contribution is 7.99. The second-order valence-electron chi connectivity index (χ2n) is 6.30. The fourth-order valence-electron chi connectivity index (χ4n) is 3.08. The predicted octanol–water partition coefficient (Wildman–Crippen LogP) is 2.12. The Morgan fingerprint density at radius 2 is 2.08 bits per heavy atom. The van der Waals surface area contributed by atoms with Crippen LogP contribution in [0.4, 0.5) is 0 Å². The summed E-state index contributed by atoms with van der Waals surface area (Å²) in [6.45, 7) is 2.03. The van der Waals surface area contributed by atoms with Crippen molar-refractivity contribution in [2.45, 2.75) is 29.4 Å². The molecule has 0 amide bonds. The minimum Gasteiger partial charge on any atom is -0.309 e. The van der Waals surface area contributed by atoms with Gasteiger partial charge in [0.1, 0.15) is 17.2 Å². The first-order chi connectivity index (χ1) is 11.9.